The van der Waals surface area contributed by atoms with Gasteiger partial charge >= 0.3 is 0 Å². The van der Waals surface area contributed by atoms with E-state index in [4.69, 9.17) is 4.74 Å². The normalized spacial score (nSPS) is 12.4. The lowest BCUT2D eigenvalue weighted by Gasteiger charge is -2.21. The fraction of sp³-hybridized carbons (Fsp3) is 0.167. The predicted octanol–water partition coefficient (Wildman–Crippen LogP) is 5.43. The van der Waals surface area contributed by atoms with E-state index in [1.54, 1.807) is 11.8 Å². The molecule has 1 heterocycles. The number of rotatable bonds is 5. The van der Waals surface area contributed by atoms with Gasteiger partial charge < -0.3 is 10.1 Å². The van der Waals surface area contributed by atoms with E-state index < -0.39 is 0 Å². The zero-order valence-corrected chi connectivity index (χ0v) is 18.0. The van der Waals surface area contributed by atoms with Crippen LogP contribution < -0.4 is 15.5 Å². The van der Waals surface area contributed by atoms with Crippen molar-refractivity contribution in [2.45, 2.75) is 30.6 Å². The lowest BCUT2D eigenvalue weighted by atomic mass is 10.1. The largest absolute Gasteiger partial charge is 0.484 e. The zero-order valence-electron chi connectivity index (χ0n) is 17.2. The maximum Gasteiger partial charge on any atom is 0.277 e. The van der Waals surface area contributed by atoms with Gasteiger partial charge in [0.2, 0.25) is 0 Å². The number of carbonyl (C=O) groups is 1. The monoisotopic (exact) mass is 417 g/mol. The molecule has 0 radical (unpaired) electrons. The number of carbonyl (C=O) groups excluding carboxylic acids is 1. The second-order valence-electron chi connectivity index (χ2n) is 7.28. The summed E-state index contributed by atoms with van der Waals surface area (Å²) in [4.78, 5) is 14.5. The van der Waals surface area contributed by atoms with Gasteiger partial charge in [0, 0.05) is 9.79 Å². The first-order valence-corrected chi connectivity index (χ1v) is 10.5. The highest BCUT2D eigenvalue weighted by Crippen LogP contribution is 2.44. The number of anilines is 2. The molecule has 1 aliphatic heterocycles. The molecule has 152 valence electrons. The van der Waals surface area contributed by atoms with Crippen molar-refractivity contribution in [3.63, 3.8) is 0 Å². The minimum Gasteiger partial charge on any atom is -0.484 e. The zero-order chi connectivity index (χ0) is 21.1. The van der Waals surface area contributed by atoms with E-state index in [1.165, 1.54) is 4.90 Å². The highest BCUT2D eigenvalue weighted by molar-refractivity contribution is 7.99. The first kappa shape index (κ1) is 20.0. The number of hydrogen-bond donors (Lipinski definition) is 2. The molecule has 30 heavy (non-hydrogen) atoms. The number of nitrogens with one attached hydrogen (secondary N) is 2. The molecule has 4 rings (SSSR count). The first-order valence-electron chi connectivity index (χ1n) is 9.70. The highest BCUT2D eigenvalue weighted by Gasteiger charge is 2.16. The van der Waals surface area contributed by atoms with Crippen molar-refractivity contribution >= 4 is 34.8 Å². The van der Waals surface area contributed by atoms with Crippen molar-refractivity contribution in [2.24, 2.45) is 5.10 Å². The van der Waals surface area contributed by atoms with E-state index in [-0.39, 0.29) is 12.5 Å². The summed E-state index contributed by atoms with van der Waals surface area (Å²) < 4.78 is 5.58. The fourth-order valence-electron chi connectivity index (χ4n) is 3.27. The number of hydrazone groups is 1. The number of nitrogens with zero attached hydrogens (tertiary/aromatic N) is 1. The molecule has 2 N–H and O–H groups in total. The van der Waals surface area contributed by atoms with Crippen molar-refractivity contribution in [3.05, 3.63) is 77.4 Å². The molecule has 3 aromatic rings. The van der Waals surface area contributed by atoms with Gasteiger partial charge in [-0.25, -0.2) is 5.43 Å². The van der Waals surface area contributed by atoms with Crippen LogP contribution >= 0.6 is 11.8 Å². The van der Waals surface area contributed by atoms with Crippen molar-refractivity contribution < 1.29 is 9.53 Å². The lowest BCUT2D eigenvalue weighted by molar-refractivity contribution is -0.123. The van der Waals surface area contributed by atoms with Crippen LogP contribution in [-0.4, -0.2) is 18.2 Å². The van der Waals surface area contributed by atoms with E-state index in [0.717, 1.165) is 38.7 Å². The summed E-state index contributed by atoms with van der Waals surface area (Å²) in [5.74, 6) is 0.385. The summed E-state index contributed by atoms with van der Waals surface area (Å²) >= 11 is 1.74. The third kappa shape index (κ3) is 4.66. The van der Waals surface area contributed by atoms with Crippen LogP contribution in [-0.2, 0) is 4.79 Å². The van der Waals surface area contributed by atoms with E-state index >= 15 is 0 Å². The van der Waals surface area contributed by atoms with Gasteiger partial charge in [0.25, 0.3) is 5.91 Å². The molecule has 6 heteroatoms. The van der Waals surface area contributed by atoms with Crippen molar-refractivity contribution in [3.8, 4) is 5.75 Å². The maximum absolute atomic E-state index is 12.1. The molecule has 0 saturated heterocycles. The molecule has 1 amide bonds. The van der Waals surface area contributed by atoms with Crippen molar-refractivity contribution in [1.82, 2.24) is 5.43 Å². The molecule has 3 aromatic carbocycles. The van der Waals surface area contributed by atoms with E-state index in [0.29, 0.717) is 5.75 Å². The number of benzene rings is 3. The molecule has 0 fully saturated rings. The maximum atomic E-state index is 12.1. The Morgan fingerprint density at radius 1 is 1.00 bits per heavy atom. The third-order valence-corrected chi connectivity index (χ3v) is 5.84. The van der Waals surface area contributed by atoms with Crippen LogP contribution in [0.25, 0.3) is 0 Å². The van der Waals surface area contributed by atoms with Crippen LogP contribution in [0.5, 0.6) is 5.75 Å². The summed E-state index contributed by atoms with van der Waals surface area (Å²) in [6.07, 6.45) is 0. The molecule has 0 aliphatic carbocycles. The standard InChI is InChI=1S/C24H23N3O2S/c1-15-10-16(2)12-19(11-15)29-14-24(28)27-26-17(3)18-8-9-23-21(13-18)25-20-6-4-5-7-22(20)30-23/h4-13,25H,14H2,1-3H3,(H,27,28). The molecule has 0 bridgehead atoms. The molecule has 0 atom stereocenters. The minimum absolute atomic E-state index is 0.0845. The van der Waals surface area contributed by atoms with Crippen molar-refractivity contribution in [2.75, 3.05) is 11.9 Å². The summed E-state index contributed by atoms with van der Waals surface area (Å²) in [5.41, 5.74) is 8.57. The number of fused-ring (bicyclic) bond motifs is 2. The topological polar surface area (TPSA) is 62.7 Å². The van der Waals surface area contributed by atoms with E-state index in [9.17, 15) is 4.79 Å². The van der Waals surface area contributed by atoms with Gasteiger partial charge in [-0.3, -0.25) is 4.79 Å². The predicted molar refractivity (Wildman–Crippen MR) is 122 cm³/mol. The van der Waals surface area contributed by atoms with Crippen LogP contribution in [0.3, 0.4) is 0 Å². The van der Waals surface area contributed by atoms with Gasteiger partial charge in [0.15, 0.2) is 6.61 Å². The van der Waals surface area contributed by atoms with Gasteiger partial charge in [0.1, 0.15) is 5.75 Å². The van der Waals surface area contributed by atoms with Crippen LogP contribution in [0, 0.1) is 13.8 Å². The molecule has 0 aromatic heterocycles. The Hall–Kier alpha value is -3.25. The molecular weight excluding hydrogens is 394 g/mol. The average Bonchev–Trinajstić information content (AvgIpc) is 2.73. The Kier molecular flexibility index (Phi) is 5.77. The highest BCUT2D eigenvalue weighted by atomic mass is 32.2. The first-order chi connectivity index (χ1) is 14.5. The Bertz CT molecular complexity index is 1120. The van der Waals surface area contributed by atoms with Crippen molar-refractivity contribution in [1.29, 1.82) is 0 Å². The molecule has 0 unspecified atom stereocenters. The summed E-state index contributed by atoms with van der Waals surface area (Å²) in [6, 6.07) is 20.2. The van der Waals surface area contributed by atoms with Gasteiger partial charge in [0.05, 0.1) is 17.1 Å². The van der Waals surface area contributed by atoms with Crippen LogP contribution in [0.2, 0.25) is 0 Å². The smallest absolute Gasteiger partial charge is 0.277 e. The molecule has 0 saturated carbocycles. The number of aryl methyl sites for hydroxylation is 2. The molecule has 0 spiro atoms. The summed E-state index contributed by atoms with van der Waals surface area (Å²) in [6.45, 7) is 5.78. The second kappa shape index (κ2) is 8.63. The average molecular weight is 418 g/mol. The Balaban J connectivity index is 1.38. The summed E-state index contributed by atoms with van der Waals surface area (Å²) in [7, 11) is 0. The number of amides is 1. The Labute approximate surface area is 180 Å². The van der Waals surface area contributed by atoms with E-state index in [1.807, 2.05) is 51.1 Å². The molecular formula is C24H23N3O2S. The van der Waals surface area contributed by atoms with Gasteiger partial charge in [-0.1, -0.05) is 36.0 Å². The van der Waals surface area contributed by atoms with Gasteiger partial charge in [-0.15, -0.1) is 0 Å². The quantitative estimate of drug-likeness (QED) is 0.336. The number of ether oxygens (including phenoxy) is 1. The Morgan fingerprint density at radius 2 is 1.73 bits per heavy atom. The summed E-state index contributed by atoms with van der Waals surface area (Å²) in [5, 5.41) is 7.70. The SMILES string of the molecule is CC(=NNC(=O)COc1cc(C)cc(C)c1)c1ccc2c(c1)Nc1ccccc1S2. The van der Waals surface area contributed by atoms with Gasteiger partial charge in [-0.05, 0) is 73.9 Å². The molecule has 5 nitrogen and oxygen atoms in total. The minimum atomic E-state index is -0.297. The second-order valence-corrected chi connectivity index (χ2v) is 8.36. The third-order valence-electron chi connectivity index (χ3n) is 4.69. The fourth-order valence-corrected chi connectivity index (χ4v) is 4.24. The van der Waals surface area contributed by atoms with Gasteiger partial charge in [-0.2, -0.15) is 5.10 Å². The lowest BCUT2D eigenvalue weighted by Crippen LogP contribution is -2.25. The number of para-hydroxylation sites is 1. The van der Waals surface area contributed by atoms with E-state index in [2.05, 4.69) is 46.2 Å². The van der Waals surface area contributed by atoms with Crippen LogP contribution in [0.4, 0.5) is 11.4 Å². The Morgan fingerprint density at radius 3 is 2.53 bits per heavy atom. The number of hydrogen-bond acceptors (Lipinski definition) is 5. The molecule has 1 aliphatic rings. The van der Waals surface area contributed by atoms with Crippen LogP contribution in [0.1, 0.15) is 23.6 Å². The van der Waals surface area contributed by atoms with Crippen LogP contribution in [0.15, 0.2) is 75.6 Å².